The minimum absolute atomic E-state index is 0.0893. The number of rotatable bonds is 2. The van der Waals surface area contributed by atoms with Gasteiger partial charge in [-0.25, -0.2) is 0 Å². The summed E-state index contributed by atoms with van der Waals surface area (Å²) < 4.78 is 0. The van der Waals surface area contributed by atoms with Crippen LogP contribution in [0.3, 0.4) is 0 Å². The fraction of sp³-hybridized carbons (Fsp3) is 0.583. The lowest BCUT2D eigenvalue weighted by molar-refractivity contribution is 0.0968. The van der Waals surface area contributed by atoms with Crippen molar-refractivity contribution in [3.63, 3.8) is 0 Å². The number of carbonyl (C=O) groups excluding carboxylic acids is 1. The molecule has 1 aliphatic heterocycles. The largest absolute Gasteiger partial charge is 0.397 e. The molecule has 0 spiro atoms. The molecule has 0 radical (unpaired) electrons. The minimum Gasteiger partial charge on any atom is -0.397 e. The summed E-state index contributed by atoms with van der Waals surface area (Å²) in [6.07, 6.45) is 5.07. The zero-order valence-electron chi connectivity index (χ0n) is 10.2. The average molecular weight is 253 g/mol. The van der Waals surface area contributed by atoms with E-state index >= 15 is 0 Å². The van der Waals surface area contributed by atoms with E-state index in [9.17, 15) is 4.79 Å². The molecule has 1 aliphatic rings. The molecule has 3 N–H and O–H groups in total. The van der Waals surface area contributed by atoms with Crippen LogP contribution in [0.1, 0.15) is 35.4 Å². The third-order valence-corrected chi connectivity index (χ3v) is 4.31. The fourth-order valence-electron chi connectivity index (χ4n) is 2.13. The number of amides is 1. The van der Waals surface area contributed by atoms with Crippen LogP contribution in [0.2, 0.25) is 0 Å². The molecule has 94 valence electrons. The lowest BCUT2D eigenvalue weighted by Crippen LogP contribution is -2.22. The Kier molecular flexibility index (Phi) is 3.89. The van der Waals surface area contributed by atoms with Gasteiger partial charge in [0.15, 0.2) is 0 Å². The zero-order valence-corrected chi connectivity index (χ0v) is 11.0. The Morgan fingerprint density at radius 3 is 2.59 bits per heavy atom. The van der Waals surface area contributed by atoms with Crippen LogP contribution in [0.4, 0.5) is 10.7 Å². The molecular weight excluding hydrogens is 234 g/mol. The molecule has 1 amide bonds. The van der Waals surface area contributed by atoms with Gasteiger partial charge in [0.05, 0.1) is 10.7 Å². The second-order valence-electron chi connectivity index (χ2n) is 4.35. The first-order valence-electron chi connectivity index (χ1n) is 6.08. The zero-order chi connectivity index (χ0) is 12.3. The number of nitrogens with two attached hydrogens (primary N) is 1. The van der Waals surface area contributed by atoms with Crippen LogP contribution in [0.5, 0.6) is 0 Å². The highest BCUT2D eigenvalue weighted by molar-refractivity contribution is 7.18. The van der Waals surface area contributed by atoms with Gasteiger partial charge in [0, 0.05) is 20.1 Å². The summed E-state index contributed by atoms with van der Waals surface area (Å²) >= 11 is 1.50. The Morgan fingerprint density at radius 2 is 2.00 bits per heavy atom. The van der Waals surface area contributed by atoms with Gasteiger partial charge in [0.25, 0.3) is 5.91 Å². The lowest BCUT2D eigenvalue weighted by atomic mass is 10.2. The molecule has 0 unspecified atom stereocenters. The van der Waals surface area contributed by atoms with Gasteiger partial charge in [-0.15, -0.1) is 11.3 Å². The topological polar surface area (TPSA) is 58.4 Å². The van der Waals surface area contributed by atoms with Crippen molar-refractivity contribution in [3.05, 3.63) is 10.9 Å². The number of carbonyl (C=O) groups is 1. The van der Waals surface area contributed by atoms with Crippen LogP contribution in [-0.4, -0.2) is 26.0 Å². The molecule has 0 aliphatic carbocycles. The first-order valence-corrected chi connectivity index (χ1v) is 6.90. The standard InChI is InChI=1S/C12H19N3OS/c1-14-12(16)11-9(13)8-10(17-11)15-6-4-2-3-5-7-15/h8H,2-7,13H2,1H3,(H,14,16). The Labute approximate surface area is 106 Å². The van der Waals surface area contributed by atoms with Gasteiger partial charge in [-0.1, -0.05) is 12.8 Å². The van der Waals surface area contributed by atoms with E-state index in [4.69, 9.17) is 5.73 Å². The van der Waals surface area contributed by atoms with E-state index in [2.05, 4.69) is 10.2 Å². The van der Waals surface area contributed by atoms with Crippen LogP contribution in [0, 0.1) is 0 Å². The summed E-state index contributed by atoms with van der Waals surface area (Å²) in [7, 11) is 1.63. The average Bonchev–Trinajstić information content (AvgIpc) is 2.57. The molecule has 0 saturated carbocycles. The predicted molar refractivity (Wildman–Crippen MR) is 72.8 cm³/mol. The molecule has 1 aromatic heterocycles. The molecule has 17 heavy (non-hydrogen) atoms. The second kappa shape index (κ2) is 5.40. The third-order valence-electron chi connectivity index (χ3n) is 3.10. The first-order chi connectivity index (χ1) is 8.22. The van der Waals surface area contributed by atoms with Crippen LogP contribution in [0.15, 0.2) is 6.07 Å². The SMILES string of the molecule is CNC(=O)c1sc(N2CCCCCC2)cc1N. The van der Waals surface area contributed by atoms with Crippen LogP contribution in [-0.2, 0) is 0 Å². The van der Waals surface area contributed by atoms with E-state index in [1.807, 2.05) is 6.07 Å². The predicted octanol–water partition coefficient (Wildman–Crippen LogP) is 2.07. The molecule has 5 heteroatoms. The molecule has 0 aromatic carbocycles. The van der Waals surface area contributed by atoms with E-state index < -0.39 is 0 Å². The molecule has 0 atom stereocenters. The van der Waals surface area contributed by atoms with Crippen molar-refractivity contribution in [2.24, 2.45) is 0 Å². The number of nitrogens with one attached hydrogen (secondary N) is 1. The highest BCUT2D eigenvalue weighted by Gasteiger charge is 2.17. The number of nitrogen functional groups attached to an aromatic ring is 1. The van der Waals surface area contributed by atoms with Gasteiger partial charge in [0.1, 0.15) is 4.88 Å². The third kappa shape index (κ3) is 2.72. The summed E-state index contributed by atoms with van der Waals surface area (Å²) in [5, 5.41) is 3.75. The molecule has 1 saturated heterocycles. The maximum absolute atomic E-state index is 11.6. The van der Waals surface area contributed by atoms with Gasteiger partial charge >= 0.3 is 0 Å². The second-order valence-corrected chi connectivity index (χ2v) is 5.38. The van der Waals surface area contributed by atoms with Gasteiger partial charge in [-0.05, 0) is 18.9 Å². The van der Waals surface area contributed by atoms with Crippen LogP contribution >= 0.6 is 11.3 Å². The van der Waals surface area contributed by atoms with E-state index in [1.54, 1.807) is 7.05 Å². The normalized spacial score (nSPS) is 16.6. The monoisotopic (exact) mass is 253 g/mol. The molecule has 2 heterocycles. The molecule has 0 bridgehead atoms. The van der Waals surface area contributed by atoms with Crippen molar-refractivity contribution in [1.29, 1.82) is 0 Å². The van der Waals surface area contributed by atoms with E-state index in [0.717, 1.165) is 18.1 Å². The Bertz CT molecular complexity index is 394. The minimum atomic E-state index is -0.0893. The number of anilines is 2. The smallest absolute Gasteiger partial charge is 0.263 e. The Balaban J connectivity index is 2.18. The highest BCUT2D eigenvalue weighted by atomic mass is 32.1. The molecule has 1 fully saturated rings. The number of thiophene rings is 1. The van der Waals surface area contributed by atoms with Crippen LogP contribution in [0.25, 0.3) is 0 Å². The van der Waals surface area contributed by atoms with E-state index in [1.165, 1.54) is 37.0 Å². The summed E-state index contributed by atoms with van der Waals surface area (Å²) in [5.74, 6) is -0.0893. The molecule has 1 aromatic rings. The van der Waals surface area contributed by atoms with Gasteiger partial charge in [-0.2, -0.15) is 0 Å². The molecule has 4 nitrogen and oxygen atoms in total. The van der Waals surface area contributed by atoms with Crippen molar-refractivity contribution in [3.8, 4) is 0 Å². The van der Waals surface area contributed by atoms with Gasteiger partial charge < -0.3 is 16.0 Å². The summed E-state index contributed by atoms with van der Waals surface area (Å²) in [4.78, 5) is 14.6. The maximum Gasteiger partial charge on any atom is 0.263 e. The summed E-state index contributed by atoms with van der Waals surface area (Å²) in [6, 6.07) is 1.93. The molecule has 2 rings (SSSR count). The Hall–Kier alpha value is -1.23. The van der Waals surface area contributed by atoms with Gasteiger partial charge in [0.2, 0.25) is 0 Å². The summed E-state index contributed by atoms with van der Waals surface area (Å²) in [5.41, 5.74) is 6.48. The Morgan fingerprint density at radius 1 is 1.35 bits per heavy atom. The maximum atomic E-state index is 11.6. The van der Waals surface area contributed by atoms with Crippen molar-refractivity contribution in [1.82, 2.24) is 5.32 Å². The van der Waals surface area contributed by atoms with Crippen molar-refractivity contribution in [2.45, 2.75) is 25.7 Å². The number of hydrogen-bond donors (Lipinski definition) is 2. The van der Waals surface area contributed by atoms with E-state index in [0.29, 0.717) is 10.6 Å². The number of nitrogens with zero attached hydrogens (tertiary/aromatic N) is 1. The van der Waals surface area contributed by atoms with Crippen LogP contribution < -0.4 is 16.0 Å². The van der Waals surface area contributed by atoms with Crippen molar-refractivity contribution < 1.29 is 4.79 Å². The number of hydrogen-bond acceptors (Lipinski definition) is 4. The fourth-order valence-corrected chi connectivity index (χ4v) is 3.21. The summed E-state index contributed by atoms with van der Waals surface area (Å²) in [6.45, 7) is 2.15. The van der Waals surface area contributed by atoms with E-state index in [-0.39, 0.29) is 5.91 Å². The van der Waals surface area contributed by atoms with Gasteiger partial charge in [-0.3, -0.25) is 4.79 Å². The molecular formula is C12H19N3OS. The highest BCUT2D eigenvalue weighted by Crippen LogP contribution is 2.33. The lowest BCUT2D eigenvalue weighted by Gasteiger charge is -2.19. The quantitative estimate of drug-likeness (QED) is 0.848. The van der Waals surface area contributed by atoms with Crippen molar-refractivity contribution in [2.75, 3.05) is 30.8 Å². The van der Waals surface area contributed by atoms with Crippen molar-refractivity contribution >= 4 is 27.9 Å². The first kappa shape index (κ1) is 12.2.